The van der Waals surface area contributed by atoms with E-state index in [0.717, 1.165) is 6.42 Å². The Kier molecular flexibility index (Phi) is 20.6. The van der Waals surface area contributed by atoms with Crippen LogP contribution >= 0.6 is 0 Å². The van der Waals surface area contributed by atoms with Gasteiger partial charge >= 0.3 is 0 Å². The molecule has 0 aliphatic heterocycles. The van der Waals surface area contributed by atoms with E-state index in [0.29, 0.717) is 0 Å². The van der Waals surface area contributed by atoms with E-state index in [-0.39, 0.29) is 21.1 Å². The summed E-state index contributed by atoms with van der Waals surface area (Å²) in [5.74, 6) is 0. The Morgan fingerprint density at radius 2 is 1.75 bits per heavy atom. The van der Waals surface area contributed by atoms with Crippen LogP contribution < -0.4 is 0 Å². The molecule has 0 heterocycles. The molecule has 0 bridgehead atoms. The van der Waals surface area contributed by atoms with Gasteiger partial charge in [0.15, 0.2) is 0 Å². The van der Waals surface area contributed by atoms with Crippen LogP contribution in [-0.2, 0) is 21.1 Å². The molecule has 0 unspecified atom stereocenters. The average Bonchev–Trinajstić information content (AvgIpc) is 0.918. The van der Waals surface area contributed by atoms with E-state index in [9.17, 15) is 0 Å². The quantitative estimate of drug-likeness (QED) is 0.349. The van der Waals surface area contributed by atoms with E-state index in [2.05, 4.69) is 6.92 Å². The fourth-order valence-corrected chi connectivity index (χ4v) is 0. The first-order chi connectivity index (χ1) is 1.41. The fourth-order valence-electron chi connectivity index (χ4n) is 0. The largest absolute Gasteiger partial charge is 0.344 e. The molecule has 0 rings (SSSR count). The SMILES string of the molecule is [CH2-]CC.[Mo]. The smallest absolute Gasteiger partial charge is 0 e. The summed E-state index contributed by atoms with van der Waals surface area (Å²) in [6.07, 6.45) is 1.00. The van der Waals surface area contributed by atoms with E-state index in [1.807, 2.05) is 6.92 Å². The van der Waals surface area contributed by atoms with Crippen LogP contribution in [0.25, 0.3) is 0 Å². The summed E-state index contributed by atoms with van der Waals surface area (Å²) in [7, 11) is 0. The van der Waals surface area contributed by atoms with Crippen molar-refractivity contribution >= 4 is 0 Å². The van der Waals surface area contributed by atoms with Gasteiger partial charge in [-0.15, -0.1) is 0 Å². The van der Waals surface area contributed by atoms with Gasteiger partial charge in [-0.25, -0.2) is 0 Å². The maximum Gasteiger partial charge on any atom is 0 e. The molecule has 0 radical (unpaired) electrons. The van der Waals surface area contributed by atoms with Crippen LogP contribution in [0.3, 0.4) is 0 Å². The van der Waals surface area contributed by atoms with Gasteiger partial charge in [0, 0.05) is 21.1 Å². The van der Waals surface area contributed by atoms with Gasteiger partial charge in [-0.2, -0.15) is 6.42 Å². The molecule has 0 amide bonds. The molecule has 26 valence electrons. The zero-order chi connectivity index (χ0) is 2.71. The first kappa shape index (κ1) is 8.82. The topological polar surface area (TPSA) is 0 Å². The van der Waals surface area contributed by atoms with Crippen molar-refractivity contribution in [2.45, 2.75) is 13.3 Å². The van der Waals surface area contributed by atoms with Gasteiger partial charge in [-0.05, 0) is 0 Å². The molecular formula is C3H7Mo-. The molecule has 0 aliphatic rings. The maximum atomic E-state index is 3.49. The number of hydrogen-bond donors (Lipinski definition) is 0. The number of hydrogen-bond acceptors (Lipinski definition) is 0. The summed E-state index contributed by atoms with van der Waals surface area (Å²) in [4.78, 5) is 0. The monoisotopic (exact) mass is 141 g/mol. The molecule has 0 aromatic rings. The van der Waals surface area contributed by atoms with E-state index in [4.69, 9.17) is 0 Å². The molecule has 0 aromatic heterocycles. The summed E-state index contributed by atoms with van der Waals surface area (Å²) >= 11 is 0. The normalized spacial score (nSPS) is 4.50. The predicted molar refractivity (Wildman–Crippen MR) is 15.6 cm³/mol. The molecular weight excluding hydrogens is 132 g/mol. The van der Waals surface area contributed by atoms with Crippen LogP contribution in [0.1, 0.15) is 13.3 Å². The second-order valence-corrected chi connectivity index (χ2v) is 0.500. The summed E-state index contributed by atoms with van der Waals surface area (Å²) in [5, 5.41) is 0. The molecule has 0 fully saturated rings. The van der Waals surface area contributed by atoms with E-state index < -0.39 is 0 Å². The first-order valence-corrected chi connectivity index (χ1v) is 1.21. The van der Waals surface area contributed by atoms with Crippen molar-refractivity contribution in [1.29, 1.82) is 0 Å². The van der Waals surface area contributed by atoms with Crippen molar-refractivity contribution in [3.8, 4) is 0 Å². The van der Waals surface area contributed by atoms with Gasteiger partial charge in [0.25, 0.3) is 0 Å². The molecule has 0 saturated heterocycles. The Balaban J connectivity index is 0. The van der Waals surface area contributed by atoms with Crippen molar-refractivity contribution in [2.75, 3.05) is 0 Å². The van der Waals surface area contributed by atoms with Crippen LogP contribution in [0, 0.1) is 6.92 Å². The Hall–Kier alpha value is 0.688. The summed E-state index contributed by atoms with van der Waals surface area (Å²) in [5.41, 5.74) is 0. The van der Waals surface area contributed by atoms with Gasteiger partial charge in [-0.1, -0.05) is 6.92 Å². The molecule has 0 nitrogen and oxygen atoms in total. The zero-order valence-electron chi connectivity index (χ0n) is 2.82. The Bertz CT molecular complexity index is 3.25. The maximum absolute atomic E-state index is 3.49. The molecule has 4 heavy (non-hydrogen) atoms. The molecule has 0 spiro atoms. The van der Waals surface area contributed by atoms with Gasteiger partial charge in [0.2, 0.25) is 0 Å². The average molecular weight is 139 g/mol. The third-order valence-corrected chi connectivity index (χ3v) is 0. The number of rotatable bonds is 0. The standard InChI is InChI=1S/C3H7.Mo/c1-3-2;/h1,3H2,2H3;/q-1;. The minimum atomic E-state index is 0. The minimum absolute atomic E-state index is 0. The van der Waals surface area contributed by atoms with E-state index in [1.165, 1.54) is 0 Å². The predicted octanol–water partition coefficient (Wildman–Crippen LogP) is 1.23. The fraction of sp³-hybridized carbons (Fsp3) is 0.667. The molecule has 1 heteroatoms. The molecule has 0 N–H and O–H groups in total. The summed E-state index contributed by atoms with van der Waals surface area (Å²) < 4.78 is 0. The van der Waals surface area contributed by atoms with Crippen LogP contribution in [0.15, 0.2) is 0 Å². The van der Waals surface area contributed by atoms with E-state index >= 15 is 0 Å². The molecule has 0 aromatic carbocycles. The van der Waals surface area contributed by atoms with Gasteiger partial charge in [0.1, 0.15) is 0 Å². The Morgan fingerprint density at radius 1 is 1.75 bits per heavy atom. The van der Waals surface area contributed by atoms with Crippen molar-refractivity contribution in [3.63, 3.8) is 0 Å². The van der Waals surface area contributed by atoms with Gasteiger partial charge in [-0.3, -0.25) is 0 Å². The molecule has 0 saturated carbocycles. The Labute approximate surface area is 41.9 Å². The van der Waals surface area contributed by atoms with Crippen molar-refractivity contribution in [2.24, 2.45) is 0 Å². The van der Waals surface area contributed by atoms with Gasteiger partial charge in [0.05, 0.1) is 0 Å². The summed E-state index contributed by atoms with van der Waals surface area (Å²) in [6.45, 7) is 5.50. The second-order valence-electron chi connectivity index (χ2n) is 0.500. The van der Waals surface area contributed by atoms with Crippen LogP contribution in [0.2, 0.25) is 0 Å². The van der Waals surface area contributed by atoms with Crippen molar-refractivity contribution in [3.05, 3.63) is 6.92 Å². The zero-order valence-corrected chi connectivity index (χ0v) is 4.83. The first-order valence-electron chi connectivity index (χ1n) is 1.21. The minimum Gasteiger partial charge on any atom is -0.344 e. The van der Waals surface area contributed by atoms with Crippen LogP contribution in [0.5, 0.6) is 0 Å². The van der Waals surface area contributed by atoms with Crippen molar-refractivity contribution < 1.29 is 21.1 Å². The Morgan fingerprint density at radius 3 is 1.75 bits per heavy atom. The van der Waals surface area contributed by atoms with E-state index in [1.54, 1.807) is 0 Å². The second kappa shape index (κ2) is 9.35. The summed E-state index contributed by atoms with van der Waals surface area (Å²) in [6, 6.07) is 0. The third kappa shape index (κ3) is 16.2. The van der Waals surface area contributed by atoms with Crippen LogP contribution in [-0.4, -0.2) is 0 Å². The molecule has 0 aliphatic carbocycles. The van der Waals surface area contributed by atoms with Crippen LogP contribution in [0.4, 0.5) is 0 Å². The van der Waals surface area contributed by atoms with Crippen molar-refractivity contribution in [1.82, 2.24) is 0 Å². The van der Waals surface area contributed by atoms with Gasteiger partial charge < -0.3 is 6.92 Å². The third-order valence-electron chi connectivity index (χ3n) is 0. The molecule has 0 atom stereocenters.